The molecule has 144 valence electrons. The van der Waals surface area contributed by atoms with Gasteiger partial charge >= 0.3 is 0 Å². The second-order valence-corrected chi connectivity index (χ2v) is 6.58. The molecule has 0 aliphatic heterocycles. The number of unbranched alkanes of at least 4 members (excludes halogenated alkanes) is 1. The van der Waals surface area contributed by atoms with Crippen LogP contribution in [0, 0.1) is 11.8 Å². The van der Waals surface area contributed by atoms with Crippen LogP contribution in [0.1, 0.15) is 54.4 Å². The average molecular weight is 371 g/mol. The van der Waals surface area contributed by atoms with Gasteiger partial charge in [0.1, 0.15) is 0 Å². The Hall–Kier alpha value is -1.55. The lowest BCUT2D eigenvalue weighted by molar-refractivity contribution is -0.124. The third-order valence-electron chi connectivity index (χ3n) is 2.96. The summed E-state index contributed by atoms with van der Waals surface area (Å²) in [6.07, 6.45) is 2.22. The Morgan fingerprint density at radius 1 is 0.920 bits per heavy atom. The minimum absolute atomic E-state index is 0.120. The zero-order valence-electron chi connectivity index (χ0n) is 16.6. The van der Waals surface area contributed by atoms with Crippen molar-refractivity contribution in [2.24, 2.45) is 11.8 Å². The van der Waals surface area contributed by atoms with Crippen LogP contribution in [0.3, 0.4) is 0 Å². The van der Waals surface area contributed by atoms with E-state index in [1.807, 2.05) is 65.0 Å². The summed E-state index contributed by atoms with van der Waals surface area (Å²) in [6, 6.07) is 9.44. The second kappa shape index (κ2) is 17.3. The molecule has 0 saturated heterocycles. The van der Waals surface area contributed by atoms with Gasteiger partial charge in [-0.1, -0.05) is 70.8 Å². The smallest absolute Gasteiger partial charge is 0.222 e. The van der Waals surface area contributed by atoms with Gasteiger partial charge in [0.05, 0.1) is 0 Å². The molecule has 2 amide bonds. The zero-order chi connectivity index (χ0) is 19.7. The van der Waals surface area contributed by atoms with E-state index < -0.39 is 0 Å². The highest BCUT2D eigenvalue weighted by Crippen LogP contribution is 2.03. The van der Waals surface area contributed by atoms with E-state index in [0.717, 1.165) is 31.0 Å². The lowest BCUT2D eigenvalue weighted by Gasteiger charge is -2.05. The Kier molecular flexibility index (Phi) is 17.8. The highest BCUT2D eigenvalue weighted by Gasteiger charge is 2.03. The molecule has 0 fully saturated rings. The van der Waals surface area contributed by atoms with E-state index in [2.05, 4.69) is 17.6 Å². The number of rotatable bonds is 6. The van der Waals surface area contributed by atoms with E-state index in [9.17, 15) is 9.59 Å². The molecule has 1 rings (SSSR count). The van der Waals surface area contributed by atoms with Crippen LogP contribution in [0.2, 0.25) is 5.02 Å². The molecular weight excluding hydrogens is 336 g/mol. The predicted molar refractivity (Wildman–Crippen MR) is 108 cm³/mol. The number of benzene rings is 1. The molecule has 0 unspecified atom stereocenters. The Morgan fingerprint density at radius 2 is 1.40 bits per heavy atom. The van der Waals surface area contributed by atoms with E-state index in [4.69, 9.17) is 11.6 Å². The van der Waals surface area contributed by atoms with E-state index in [-0.39, 0.29) is 23.7 Å². The SMILES string of the molecule is CCCCNC(=O)C(C)C.CCNC(=O)C(C)C.Clc1ccccc1. The highest BCUT2D eigenvalue weighted by molar-refractivity contribution is 6.30. The maximum atomic E-state index is 10.9. The molecule has 0 aromatic heterocycles. The summed E-state index contributed by atoms with van der Waals surface area (Å²) >= 11 is 5.54. The number of carbonyl (C=O) groups excluding carboxylic acids is 2. The number of halogens is 1. The summed E-state index contributed by atoms with van der Waals surface area (Å²) in [5, 5.41) is 6.34. The van der Waals surface area contributed by atoms with E-state index in [0.29, 0.717) is 0 Å². The van der Waals surface area contributed by atoms with Crippen LogP contribution in [-0.4, -0.2) is 24.9 Å². The van der Waals surface area contributed by atoms with Crippen molar-refractivity contribution in [1.82, 2.24) is 10.6 Å². The van der Waals surface area contributed by atoms with Crippen LogP contribution < -0.4 is 10.6 Å². The van der Waals surface area contributed by atoms with Crippen LogP contribution in [0.4, 0.5) is 0 Å². The van der Waals surface area contributed by atoms with Crippen molar-refractivity contribution in [3.8, 4) is 0 Å². The van der Waals surface area contributed by atoms with Crippen LogP contribution in [0.5, 0.6) is 0 Å². The van der Waals surface area contributed by atoms with Crippen molar-refractivity contribution in [3.05, 3.63) is 35.4 Å². The maximum Gasteiger partial charge on any atom is 0.222 e. The fraction of sp³-hybridized carbons (Fsp3) is 0.600. The number of hydrogen-bond donors (Lipinski definition) is 2. The van der Waals surface area contributed by atoms with Gasteiger partial charge in [0, 0.05) is 29.9 Å². The number of carbonyl (C=O) groups is 2. The molecule has 0 aliphatic carbocycles. The minimum atomic E-state index is 0.120. The molecule has 0 atom stereocenters. The highest BCUT2D eigenvalue weighted by atomic mass is 35.5. The number of hydrogen-bond acceptors (Lipinski definition) is 2. The van der Waals surface area contributed by atoms with Crippen molar-refractivity contribution in [1.29, 1.82) is 0 Å². The van der Waals surface area contributed by atoms with Gasteiger partial charge in [0.25, 0.3) is 0 Å². The lowest BCUT2D eigenvalue weighted by Crippen LogP contribution is -2.28. The maximum absolute atomic E-state index is 10.9. The zero-order valence-corrected chi connectivity index (χ0v) is 17.3. The first kappa shape index (κ1) is 25.7. The summed E-state index contributed by atoms with van der Waals surface area (Å²) in [5.74, 6) is 0.535. The quantitative estimate of drug-likeness (QED) is 0.714. The molecule has 0 spiro atoms. The monoisotopic (exact) mass is 370 g/mol. The molecule has 5 heteroatoms. The predicted octanol–water partition coefficient (Wildman–Crippen LogP) is 4.68. The van der Waals surface area contributed by atoms with Crippen LogP contribution in [-0.2, 0) is 9.59 Å². The van der Waals surface area contributed by atoms with Crippen LogP contribution in [0.25, 0.3) is 0 Å². The Balaban J connectivity index is 0. The molecule has 4 nitrogen and oxygen atoms in total. The molecule has 2 N–H and O–H groups in total. The van der Waals surface area contributed by atoms with Crippen molar-refractivity contribution in [2.45, 2.75) is 54.4 Å². The molecule has 0 saturated carbocycles. The average Bonchev–Trinajstić information content (AvgIpc) is 2.57. The first-order valence-corrected chi connectivity index (χ1v) is 9.39. The first-order chi connectivity index (χ1) is 11.8. The first-order valence-electron chi connectivity index (χ1n) is 9.02. The van der Waals surface area contributed by atoms with Gasteiger partial charge in [-0.2, -0.15) is 0 Å². The van der Waals surface area contributed by atoms with Gasteiger partial charge in [0.15, 0.2) is 0 Å². The van der Waals surface area contributed by atoms with Gasteiger partial charge in [-0.3, -0.25) is 9.59 Å². The van der Waals surface area contributed by atoms with Crippen LogP contribution in [0.15, 0.2) is 30.3 Å². The normalized spacial score (nSPS) is 9.48. The summed E-state index contributed by atoms with van der Waals surface area (Å²) in [5.41, 5.74) is 0. The lowest BCUT2D eigenvalue weighted by atomic mass is 10.2. The molecule has 0 heterocycles. The standard InChI is InChI=1S/C8H17NO.C6H5Cl.C6H13NO/c1-4-5-6-9-8(10)7(2)3;7-6-4-2-1-3-5-6;1-4-7-6(8)5(2)3/h7H,4-6H2,1-3H3,(H,9,10);1-5H;5H,4H2,1-3H3,(H,7,8). The molecule has 0 aliphatic rings. The fourth-order valence-corrected chi connectivity index (χ4v) is 1.53. The largest absolute Gasteiger partial charge is 0.356 e. The molecule has 1 aromatic rings. The van der Waals surface area contributed by atoms with Crippen molar-refractivity contribution in [2.75, 3.05) is 13.1 Å². The molecular formula is C20H35ClN2O2. The fourth-order valence-electron chi connectivity index (χ4n) is 1.39. The van der Waals surface area contributed by atoms with Crippen molar-refractivity contribution >= 4 is 23.4 Å². The van der Waals surface area contributed by atoms with E-state index >= 15 is 0 Å². The Bertz CT molecular complexity index is 448. The summed E-state index contributed by atoms with van der Waals surface area (Å²) in [4.78, 5) is 21.5. The Morgan fingerprint density at radius 3 is 1.68 bits per heavy atom. The number of amides is 2. The van der Waals surface area contributed by atoms with E-state index in [1.165, 1.54) is 0 Å². The third-order valence-corrected chi connectivity index (χ3v) is 3.21. The van der Waals surface area contributed by atoms with Gasteiger partial charge in [-0.25, -0.2) is 0 Å². The van der Waals surface area contributed by atoms with Crippen molar-refractivity contribution in [3.63, 3.8) is 0 Å². The van der Waals surface area contributed by atoms with Gasteiger partial charge in [-0.05, 0) is 25.5 Å². The number of nitrogens with one attached hydrogen (secondary N) is 2. The third kappa shape index (κ3) is 18.6. The van der Waals surface area contributed by atoms with Crippen LogP contribution >= 0.6 is 11.6 Å². The molecule has 1 aromatic carbocycles. The topological polar surface area (TPSA) is 58.2 Å². The second-order valence-electron chi connectivity index (χ2n) is 6.14. The van der Waals surface area contributed by atoms with Gasteiger partial charge < -0.3 is 10.6 Å². The molecule has 0 bridgehead atoms. The minimum Gasteiger partial charge on any atom is -0.356 e. The molecule has 25 heavy (non-hydrogen) atoms. The molecule has 0 radical (unpaired) electrons. The summed E-state index contributed by atoms with van der Waals surface area (Å²) < 4.78 is 0. The van der Waals surface area contributed by atoms with Gasteiger partial charge in [0.2, 0.25) is 11.8 Å². The summed E-state index contributed by atoms with van der Waals surface area (Å²) in [7, 11) is 0. The Labute approximate surface area is 158 Å². The summed E-state index contributed by atoms with van der Waals surface area (Å²) in [6.45, 7) is 13.2. The van der Waals surface area contributed by atoms with Gasteiger partial charge in [-0.15, -0.1) is 0 Å². The van der Waals surface area contributed by atoms with Crippen molar-refractivity contribution < 1.29 is 9.59 Å². The van der Waals surface area contributed by atoms with E-state index in [1.54, 1.807) is 0 Å².